The van der Waals surface area contributed by atoms with E-state index in [4.69, 9.17) is 0 Å². The second-order valence-corrected chi connectivity index (χ2v) is 7.06. The molecule has 28 heavy (non-hydrogen) atoms. The number of amides is 1. The fourth-order valence-electron chi connectivity index (χ4n) is 2.56. The number of thioether (sulfide) groups is 1. The average Bonchev–Trinajstić information content (AvgIpc) is 2.94. The first-order chi connectivity index (χ1) is 13.4. The highest BCUT2D eigenvalue weighted by atomic mass is 32.2. The van der Waals surface area contributed by atoms with Gasteiger partial charge in [-0.25, -0.2) is 4.99 Å². The molecule has 1 N–H and O–H groups in total. The Morgan fingerprint density at radius 1 is 1.29 bits per heavy atom. The Kier molecular flexibility index (Phi) is 5.60. The molecule has 7 nitrogen and oxygen atoms in total. The third-order valence-corrected chi connectivity index (χ3v) is 4.96. The summed E-state index contributed by atoms with van der Waals surface area (Å²) in [6.45, 7) is 5.81. The molecule has 1 heterocycles. The molecule has 0 bridgehead atoms. The summed E-state index contributed by atoms with van der Waals surface area (Å²) in [5.74, 6) is -0.208. The van der Waals surface area contributed by atoms with Crippen LogP contribution < -0.4 is 0 Å². The highest BCUT2D eigenvalue weighted by Crippen LogP contribution is 2.36. The molecule has 3 rings (SSSR count). The number of phenolic OH excluding ortho intramolecular Hbond substituents is 1. The molecule has 1 aliphatic heterocycles. The third-order valence-electron chi connectivity index (χ3n) is 3.95. The van der Waals surface area contributed by atoms with Crippen molar-refractivity contribution in [3.63, 3.8) is 0 Å². The van der Waals surface area contributed by atoms with Crippen LogP contribution in [-0.4, -0.2) is 32.5 Å². The normalized spacial score (nSPS) is 16.8. The number of non-ortho nitro benzene ring substituents is 1. The van der Waals surface area contributed by atoms with Gasteiger partial charge in [0.05, 0.1) is 9.83 Å². The number of hydrogen-bond acceptors (Lipinski definition) is 6. The number of carbonyl (C=O) groups is 1. The number of rotatable bonds is 5. The molecule has 0 unspecified atom stereocenters. The van der Waals surface area contributed by atoms with E-state index >= 15 is 0 Å². The quantitative estimate of drug-likeness (QED) is 0.350. The minimum atomic E-state index is -0.475. The van der Waals surface area contributed by atoms with E-state index in [0.29, 0.717) is 21.3 Å². The van der Waals surface area contributed by atoms with Gasteiger partial charge in [0.15, 0.2) is 5.17 Å². The first-order valence-electron chi connectivity index (χ1n) is 8.34. The molecule has 1 aliphatic rings. The maximum absolute atomic E-state index is 12.8. The summed E-state index contributed by atoms with van der Waals surface area (Å²) >= 11 is 1.17. The van der Waals surface area contributed by atoms with Crippen LogP contribution in [0.3, 0.4) is 0 Å². The van der Waals surface area contributed by atoms with Crippen LogP contribution in [0, 0.1) is 17.0 Å². The fourth-order valence-corrected chi connectivity index (χ4v) is 3.56. The molecule has 2 aromatic rings. The molecule has 0 atom stereocenters. The molecule has 1 amide bonds. The summed E-state index contributed by atoms with van der Waals surface area (Å²) in [6.07, 6.45) is 3.25. The Morgan fingerprint density at radius 2 is 2.00 bits per heavy atom. The number of nitro benzene ring substituents is 1. The van der Waals surface area contributed by atoms with Crippen LogP contribution in [0.1, 0.15) is 11.1 Å². The first kappa shape index (κ1) is 19.4. The Labute approximate surface area is 165 Å². The standard InChI is InChI=1S/C20H17N3O4S/c1-3-10-22-19(25)18(12-14-5-7-15(8-6-14)23(26)27)28-20(22)21-16-9-4-13(2)11-17(16)24/h3-9,11-12,24H,1,10H2,2H3/b18-12-,21-20?. The third kappa shape index (κ3) is 4.12. The van der Waals surface area contributed by atoms with Gasteiger partial charge in [0.25, 0.3) is 11.6 Å². The number of aryl methyl sites for hydroxylation is 1. The SMILES string of the molecule is C=CCN1C(=O)/C(=C/c2ccc([N+](=O)[O-])cc2)SC1=Nc1ccc(C)cc1O. The van der Waals surface area contributed by atoms with E-state index in [2.05, 4.69) is 11.6 Å². The zero-order chi connectivity index (χ0) is 20.3. The number of aliphatic imine (C=N–C) groups is 1. The van der Waals surface area contributed by atoms with Crippen molar-refractivity contribution in [1.29, 1.82) is 0 Å². The molecule has 0 aliphatic carbocycles. The van der Waals surface area contributed by atoms with Gasteiger partial charge >= 0.3 is 0 Å². The van der Waals surface area contributed by atoms with Crippen molar-refractivity contribution in [3.8, 4) is 5.75 Å². The average molecular weight is 395 g/mol. The molecule has 142 valence electrons. The van der Waals surface area contributed by atoms with Crippen molar-refractivity contribution in [2.45, 2.75) is 6.92 Å². The minimum Gasteiger partial charge on any atom is -0.506 e. The molecule has 0 radical (unpaired) electrons. The van der Waals surface area contributed by atoms with Crippen molar-refractivity contribution in [3.05, 3.63) is 81.3 Å². The van der Waals surface area contributed by atoms with Gasteiger partial charge in [0, 0.05) is 18.7 Å². The lowest BCUT2D eigenvalue weighted by atomic mass is 10.2. The summed E-state index contributed by atoms with van der Waals surface area (Å²) in [6, 6.07) is 11.1. The van der Waals surface area contributed by atoms with E-state index in [0.717, 1.165) is 5.56 Å². The molecule has 2 aromatic carbocycles. The summed E-state index contributed by atoms with van der Waals surface area (Å²) < 4.78 is 0. The zero-order valence-electron chi connectivity index (χ0n) is 15.0. The number of nitrogens with zero attached hydrogens (tertiary/aromatic N) is 3. The van der Waals surface area contributed by atoms with Crippen molar-refractivity contribution < 1.29 is 14.8 Å². The van der Waals surface area contributed by atoms with Gasteiger partial charge in [-0.3, -0.25) is 19.8 Å². The molecule has 1 fully saturated rings. The molecule has 1 saturated heterocycles. The van der Waals surface area contributed by atoms with E-state index in [9.17, 15) is 20.0 Å². The largest absolute Gasteiger partial charge is 0.506 e. The van der Waals surface area contributed by atoms with E-state index in [1.165, 1.54) is 28.8 Å². The summed E-state index contributed by atoms with van der Waals surface area (Å²) in [4.78, 5) is 29.4. The number of benzene rings is 2. The lowest BCUT2D eigenvalue weighted by Gasteiger charge is -2.12. The maximum Gasteiger partial charge on any atom is 0.269 e. The Morgan fingerprint density at radius 3 is 2.61 bits per heavy atom. The van der Waals surface area contributed by atoms with Crippen molar-refractivity contribution in [2.24, 2.45) is 4.99 Å². The fraction of sp³-hybridized carbons (Fsp3) is 0.100. The lowest BCUT2D eigenvalue weighted by Crippen LogP contribution is -2.29. The van der Waals surface area contributed by atoms with E-state index in [-0.39, 0.29) is 23.9 Å². The van der Waals surface area contributed by atoms with Crippen molar-refractivity contribution in [1.82, 2.24) is 4.90 Å². The number of phenols is 1. The molecule has 0 spiro atoms. The van der Waals surface area contributed by atoms with Crippen LogP contribution in [0.25, 0.3) is 6.08 Å². The topological polar surface area (TPSA) is 96.0 Å². The Bertz CT molecular complexity index is 1010. The predicted molar refractivity (Wildman–Crippen MR) is 111 cm³/mol. The molecule has 0 saturated carbocycles. The second-order valence-electron chi connectivity index (χ2n) is 6.05. The zero-order valence-corrected chi connectivity index (χ0v) is 15.8. The molecule has 0 aromatic heterocycles. The number of amidine groups is 1. The van der Waals surface area contributed by atoms with Crippen LogP contribution in [0.15, 0.2) is 65.0 Å². The Balaban J connectivity index is 1.94. The smallest absolute Gasteiger partial charge is 0.269 e. The molecule has 8 heteroatoms. The van der Waals surface area contributed by atoms with Gasteiger partial charge < -0.3 is 5.11 Å². The number of carbonyl (C=O) groups excluding carboxylic acids is 1. The van der Waals surface area contributed by atoms with Gasteiger partial charge in [-0.2, -0.15) is 0 Å². The van der Waals surface area contributed by atoms with E-state index in [1.54, 1.807) is 36.4 Å². The summed E-state index contributed by atoms with van der Waals surface area (Å²) in [5, 5.41) is 21.3. The van der Waals surface area contributed by atoms with E-state index in [1.807, 2.05) is 13.0 Å². The molecular weight excluding hydrogens is 378 g/mol. The number of hydrogen-bond donors (Lipinski definition) is 1. The predicted octanol–water partition coefficient (Wildman–Crippen LogP) is 4.40. The number of aromatic hydroxyl groups is 1. The van der Waals surface area contributed by atoms with Crippen molar-refractivity contribution >= 4 is 40.3 Å². The van der Waals surface area contributed by atoms with Crippen LogP contribution >= 0.6 is 11.8 Å². The van der Waals surface area contributed by atoms with Gasteiger partial charge in [0.2, 0.25) is 0 Å². The highest BCUT2D eigenvalue weighted by Gasteiger charge is 2.32. The van der Waals surface area contributed by atoms with Gasteiger partial charge in [0.1, 0.15) is 11.4 Å². The summed E-state index contributed by atoms with van der Waals surface area (Å²) in [5.41, 5.74) is 1.92. The Hall–Kier alpha value is -3.39. The monoisotopic (exact) mass is 395 g/mol. The first-order valence-corrected chi connectivity index (χ1v) is 9.16. The summed E-state index contributed by atoms with van der Waals surface area (Å²) in [7, 11) is 0. The van der Waals surface area contributed by atoms with E-state index < -0.39 is 4.92 Å². The minimum absolute atomic E-state index is 0.0158. The van der Waals surface area contributed by atoms with Crippen LogP contribution in [0.2, 0.25) is 0 Å². The lowest BCUT2D eigenvalue weighted by molar-refractivity contribution is -0.384. The van der Waals surface area contributed by atoms with Crippen LogP contribution in [-0.2, 0) is 4.79 Å². The maximum atomic E-state index is 12.8. The van der Waals surface area contributed by atoms with Crippen molar-refractivity contribution in [2.75, 3.05) is 6.54 Å². The van der Waals surface area contributed by atoms with Gasteiger partial charge in [-0.1, -0.05) is 12.1 Å². The number of nitro groups is 1. The van der Waals surface area contributed by atoms with Crippen LogP contribution in [0.5, 0.6) is 5.75 Å². The van der Waals surface area contributed by atoms with Gasteiger partial charge in [-0.05, 0) is 60.2 Å². The highest BCUT2D eigenvalue weighted by molar-refractivity contribution is 8.18. The second kappa shape index (κ2) is 8.10. The molecular formula is C20H17N3O4S. The van der Waals surface area contributed by atoms with Crippen LogP contribution in [0.4, 0.5) is 11.4 Å². The van der Waals surface area contributed by atoms with Gasteiger partial charge in [-0.15, -0.1) is 6.58 Å².